The number of rotatable bonds is 2. The molecule has 0 aliphatic carbocycles. The number of fused-ring (bicyclic) bond motifs is 1. The molecule has 1 unspecified atom stereocenters. The topological polar surface area (TPSA) is 39.2 Å². The van der Waals surface area contributed by atoms with E-state index in [1.54, 1.807) is 0 Å². The fourth-order valence-electron chi connectivity index (χ4n) is 2.24. The van der Waals surface area contributed by atoms with Crippen LogP contribution in [-0.2, 0) is 0 Å². The monoisotopic (exact) mass is 349 g/mol. The van der Waals surface area contributed by atoms with E-state index in [2.05, 4.69) is 22.0 Å². The molecule has 2 N–H and O–H groups in total. The quantitative estimate of drug-likeness (QED) is 0.689. The van der Waals surface area contributed by atoms with Gasteiger partial charge in [-0.1, -0.05) is 45.2 Å². The molecular weight excluding hydrogens is 338 g/mol. The normalized spacial score (nSPS) is 12.8. The number of halogens is 2. The molecule has 0 spiro atoms. The zero-order valence-corrected chi connectivity index (χ0v) is 13.2. The first kappa shape index (κ1) is 13.7. The van der Waals surface area contributed by atoms with Gasteiger partial charge in [-0.15, -0.1) is 0 Å². The Bertz CT molecular complexity index is 781. The highest BCUT2D eigenvalue weighted by atomic mass is 79.9. The Morgan fingerprint density at radius 1 is 1.15 bits per heavy atom. The Hall–Kier alpha value is -1.29. The molecule has 0 aliphatic rings. The molecule has 3 aromatic rings. The SMILES string of the molecule is Cc1ccc(Br)c(C(N)c2cc3cc(Cl)ccc3o2)c1. The summed E-state index contributed by atoms with van der Waals surface area (Å²) >= 11 is 9.53. The number of hydrogen-bond acceptors (Lipinski definition) is 2. The first-order chi connectivity index (χ1) is 9.54. The van der Waals surface area contributed by atoms with Crippen LogP contribution in [0.15, 0.2) is 51.4 Å². The molecule has 0 saturated heterocycles. The molecule has 1 atom stereocenters. The van der Waals surface area contributed by atoms with Crippen LogP contribution in [0.25, 0.3) is 11.0 Å². The van der Waals surface area contributed by atoms with Crippen LogP contribution in [0.4, 0.5) is 0 Å². The van der Waals surface area contributed by atoms with E-state index in [9.17, 15) is 0 Å². The van der Waals surface area contributed by atoms with Crippen molar-refractivity contribution in [3.8, 4) is 0 Å². The van der Waals surface area contributed by atoms with Gasteiger partial charge in [-0.05, 0) is 42.8 Å². The second-order valence-electron chi connectivity index (χ2n) is 4.83. The maximum Gasteiger partial charge on any atom is 0.134 e. The van der Waals surface area contributed by atoms with Crippen molar-refractivity contribution >= 4 is 38.5 Å². The van der Waals surface area contributed by atoms with Gasteiger partial charge in [0.1, 0.15) is 11.3 Å². The molecule has 0 saturated carbocycles. The largest absolute Gasteiger partial charge is 0.459 e. The summed E-state index contributed by atoms with van der Waals surface area (Å²) in [6, 6.07) is 13.3. The van der Waals surface area contributed by atoms with E-state index in [0.29, 0.717) is 5.02 Å². The van der Waals surface area contributed by atoms with Crippen molar-refractivity contribution < 1.29 is 4.42 Å². The van der Waals surface area contributed by atoms with Crippen LogP contribution in [0.2, 0.25) is 5.02 Å². The van der Waals surface area contributed by atoms with Gasteiger partial charge in [0.25, 0.3) is 0 Å². The van der Waals surface area contributed by atoms with Crippen LogP contribution < -0.4 is 5.73 Å². The summed E-state index contributed by atoms with van der Waals surface area (Å²) in [5.74, 6) is 0.730. The molecule has 0 aliphatic heterocycles. The number of aryl methyl sites for hydroxylation is 1. The van der Waals surface area contributed by atoms with Crippen LogP contribution in [0.1, 0.15) is 22.9 Å². The van der Waals surface area contributed by atoms with Crippen molar-refractivity contribution in [2.75, 3.05) is 0 Å². The van der Waals surface area contributed by atoms with Gasteiger partial charge >= 0.3 is 0 Å². The second-order valence-corrected chi connectivity index (χ2v) is 6.12. The minimum absolute atomic E-state index is 0.310. The van der Waals surface area contributed by atoms with Crippen molar-refractivity contribution in [2.24, 2.45) is 5.73 Å². The van der Waals surface area contributed by atoms with Crippen LogP contribution in [0, 0.1) is 6.92 Å². The van der Waals surface area contributed by atoms with Crippen LogP contribution in [-0.4, -0.2) is 0 Å². The molecule has 2 aromatic carbocycles. The molecule has 2 nitrogen and oxygen atoms in total. The molecule has 20 heavy (non-hydrogen) atoms. The third kappa shape index (κ3) is 2.49. The van der Waals surface area contributed by atoms with Crippen molar-refractivity contribution in [1.82, 2.24) is 0 Å². The van der Waals surface area contributed by atoms with Crippen LogP contribution in [0.5, 0.6) is 0 Å². The predicted molar refractivity (Wildman–Crippen MR) is 86.1 cm³/mol. The van der Waals surface area contributed by atoms with E-state index in [0.717, 1.165) is 32.3 Å². The lowest BCUT2D eigenvalue weighted by Crippen LogP contribution is -2.11. The molecular formula is C16H13BrClNO. The van der Waals surface area contributed by atoms with Crippen molar-refractivity contribution in [1.29, 1.82) is 0 Å². The molecule has 1 heterocycles. The Labute approximate surface area is 130 Å². The Balaban J connectivity index is 2.07. The molecule has 0 amide bonds. The van der Waals surface area contributed by atoms with Gasteiger partial charge < -0.3 is 10.2 Å². The first-order valence-electron chi connectivity index (χ1n) is 6.25. The Morgan fingerprint density at radius 3 is 2.75 bits per heavy atom. The van der Waals surface area contributed by atoms with Crippen molar-refractivity contribution in [3.05, 3.63) is 68.8 Å². The summed E-state index contributed by atoms with van der Waals surface area (Å²) in [5.41, 5.74) is 9.30. The summed E-state index contributed by atoms with van der Waals surface area (Å²) in [6.45, 7) is 2.04. The van der Waals surface area contributed by atoms with Crippen molar-refractivity contribution in [3.63, 3.8) is 0 Å². The molecule has 1 aromatic heterocycles. The minimum atomic E-state index is -0.310. The van der Waals surface area contributed by atoms with Gasteiger partial charge in [0.2, 0.25) is 0 Å². The van der Waals surface area contributed by atoms with Gasteiger partial charge in [0, 0.05) is 14.9 Å². The van der Waals surface area contributed by atoms with Crippen LogP contribution in [0.3, 0.4) is 0 Å². The van der Waals surface area contributed by atoms with Gasteiger partial charge in [-0.3, -0.25) is 0 Å². The van der Waals surface area contributed by atoms with Crippen LogP contribution >= 0.6 is 27.5 Å². The highest BCUT2D eigenvalue weighted by molar-refractivity contribution is 9.10. The highest BCUT2D eigenvalue weighted by Gasteiger charge is 2.17. The smallest absolute Gasteiger partial charge is 0.134 e. The van der Waals surface area contributed by atoms with E-state index in [1.807, 2.05) is 43.3 Å². The average Bonchev–Trinajstić information content (AvgIpc) is 2.83. The van der Waals surface area contributed by atoms with E-state index < -0.39 is 0 Å². The lowest BCUT2D eigenvalue weighted by Gasteiger charge is -2.12. The summed E-state index contributed by atoms with van der Waals surface area (Å²) < 4.78 is 6.81. The average molecular weight is 351 g/mol. The minimum Gasteiger partial charge on any atom is -0.459 e. The summed E-state index contributed by atoms with van der Waals surface area (Å²) in [4.78, 5) is 0. The maximum atomic E-state index is 6.33. The lowest BCUT2D eigenvalue weighted by molar-refractivity contribution is 0.524. The maximum absolute atomic E-state index is 6.33. The number of nitrogens with two attached hydrogens (primary N) is 1. The van der Waals surface area contributed by atoms with E-state index in [-0.39, 0.29) is 6.04 Å². The first-order valence-corrected chi connectivity index (χ1v) is 7.42. The van der Waals surface area contributed by atoms with Gasteiger partial charge in [-0.2, -0.15) is 0 Å². The van der Waals surface area contributed by atoms with E-state index in [4.69, 9.17) is 21.8 Å². The standard InChI is InChI=1S/C16H13BrClNO/c1-9-2-4-13(17)12(6-9)16(19)15-8-10-7-11(18)3-5-14(10)20-15/h2-8,16H,19H2,1H3. The fraction of sp³-hybridized carbons (Fsp3) is 0.125. The summed E-state index contributed by atoms with van der Waals surface area (Å²) in [7, 11) is 0. The van der Waals surface area contributed by atoms with E-state index in [1.165, 1.54) is 0 Å². The second kappa shape index (κ2) is 5.24. The number of hydrogen-bond donors (Lipinski definition) is 1. The molecule has 0 fully saturated rings. The summed E-state index contributed by atoms with van der Waals surface area (Å²) in [5, 5.41) is 1.65. The molecule has 102 valence electrons. The number of benzene rings is 2. The number of furan rings is 1. The highest BCUT2D eigenvalue weighted by Crippen LogP contribution is 2.32. The molecule has 0 bridgehead atoms. The summed E-state index contributed by atoms with van der Waals surface area (Å²) in [6.07, 6.45) is 0. The predicted octanol–water partition coefficient (Wildman–Crippen LogP) is 5.21. The molecule has 0 radical (unpaired) electrons. The zero-order chi connectivity index (χ0) is 14.3. The van der Waals surface area contributed by atoms with Gasteiger partial charge in [-0.25, -0.2) is 0 Å². The van der Waals surface area contributed by atoms with E-state index >= 15 is 0 Å². The van der Waals surface area contributed by atoms with Gasteiger partial charge in [0.15, 0.2) is 0 Å². The molecule has 3 rings (SSSR count). The lowest BCUT2D eigenvalue weighted by atomic mass is 10.0. The van der Waals surface area contributed by atoms with Gasteiger partial charge in [0.05, 0.1) is 6.04 Å². The molecule has 4 heteroatoms. The fourth-order valence-corrected chi connectivity index (χ4v) is 2.92. The third-order valence-electron chi connectivity index (χ3n) is 3.29. The third-order valence-corrected chi connectivity index (χ3v) is 4.25. The zero-order valence-electron chi connectivity index (χ0n) is 10.9. The Morgan fingerprint density at radius 2 is 1.95 bits per heavy atom. The van der Waals surface area contributed by atoms with Crippen molar-refractivity contribution in [2.45, 2.75) is 13.0 Å². The Kier molecular flexibility index (Phi) is 3.59.